The summed E-state index contributed by atoms with van der Waals surface area (Å²) in [4.78, 5) is 11.2. The summed E-state index contributed by atoms with van der Waals surface area (Å²) in [6.07, 6.45) is -1.87. The zero-order valence-corrected chi connectivity index (χ0v) is 9.29. The van der Waals surface area contributed by atoms with E-state index in [9.17, 15) is 23.1 Å². The van der Waals surface area contributed by atoms with E-state index in [1.807, 2.05) is 0 Å². The van der Waals surface area contributed by atoms with Crippen LogP contribution in [0.15, 0.2) is 0 Å². The van der Waals surface area contributed by atoms with Crippen molar-refractivity contribution in [3.05, 3.63) is 0 Å². The van der Waals surface area contributed by atoms with Crippen molar-refractivity contribution in [2.75, 3.05) is 13.2 Å². The summed E-state index contributed by atoms with van der Waals surface area (Å²) >= 11 is 0. The molecule has 0 bridgehead atoms. The lowest BCUT2D eigenvalue weighted by Crippen LogP contribution is -2.31. The van der Waals surface area contributed by atoms with Gasteiger partial charge in [-0.05, 0) is 37.5 Å². The van der Waals surface area contributed by atoms with Gasteiger partial charge in [0.2, 0.25) is 0 Å². The van der Waals surface area contributed by atoms with Gasteiger partial charge in [-0.1, -0.05) is 0 Å². The van der Waals surface area contributed by atoms with Crippen molar-refractivity contribution in [2.45, 2.75) is 31.9 Å². The van der Waals surface area contributed by atoms with Crippen molar-refractivity contribution >= 4 is 5.97 Å². The number of alkyl halides is 3. The summed E-state index contributed by atoms with van der Waals surface area (Å²) < 4.78 is 40.0. The van der Waals surface area contributed by atoms with Gasteiger partial charge < -0.3 is 9.84 Å². The molecule has 2 aliphatic rings. The SMILES string of the molecule is O=C(O)C1(CCOCC(F)(F)F)CC2CC2C1. The molecule has 1 N–H and O–H groups in total. The number of carbonyl (C=O) groups is 1. The lowest BCUT2D eigenvalue weighted by molar-refractivity contribution is -0.176. The molecule has 0 aromatic carbocycles. The maximum atomic E-state index is 11.8. The molecule has 2 aliphatic carbocycles. The molecule has 0 aromatic heterocycles. The van der Waals surface area contributed by atoms with Gasteiger partial charge in [-0.2, -0.15) is 13.2 Å². The molecular weight excluding hydrogens is 237 g/mol. The monoisotopic (exact) mass is 252 g/mol. The van der Waals surface area contributed by atoms with Gasteiger partial charge >= 0.3 is 12.1 Å². The zero-order chi connectivity index (χ0) is 12.7. The molecule has 0 aliphatic heterocycles. The zero-order valence-electron chi connectivity index (χ0n) is 9.29. The molecule has 98 valence electrons. The largest absolute Gasteiger partial charge is 0.481 e. The minimum absolute atomic E-state index is 0.134. The normalized spacial score (nSPS) is 35.7. The van der Waals surface area contributed by atoms with Crippen LogP contribution in [0.5, 0.6) is 0 Å². The molecule has 2 atom stereocenters. The Morgan fingerprint density at radius 2 is 1.94 bits per heavy atom. The van der Waals surface area contributed by atoms with E-state index >= 15 is 0 Å². The number of aliphatic carboxylic acids is 1. The quantitative estimate of drug-likeness (QED) is 0.764. The number of hydrogen-bond donors (Lipinski definition) is 1. The standard InChI is InChI=1S/C11H15F3O3/c12-11(13,14)6-17-2-1-10(9(15)16)4-7-3-8(7)5-10/h7-8H,1-6H2,(H,15,16). The van der Waals surface area contributed by atoms with E-state index in [1.165, 1.54) is 0 Å². The molecule has 6 heteroatoms. The highest BCUT2D eigenvalue weighted by Crippen LogP contribution is 2.61. The molecular formula is C11H15F3O3. The molecule has 17 heavy (non-hydrogen) atoms. The highest BCUT2D eigenvalue weighted by Gasteiger charge is 2.57. The Morgan fingerprint density at radius 3 is 2.41 bits per heavy atom. The molecule has 0 heterocycles. The average Bonchev–Trinajstić information content (AvgIpc) is 2.80. The van der Waals surface area contributed by atoms with Crippen molar-refractivity contribution in [3.8, 4) is 0 Å². The van der Waals surface area contributed by atoms with E-state index in [0.29, 0.717) is 24.7 Å². The van der Waals surface area contributed by atoms with E-state index in [4.69, 9.17) is 0 Å². The lowest BCUT2D eigenvalue weighted by Gasteiger charge is -2.25. The highest BCUT2D eigenvalue weighted by molar-refractivity contribution is 5.75. The predicted octanol–water partition coefficient (Wildman–Crippen LogP) is 2.46. The Morgan fingerprint density at radius 1 is 1.35 bits per heavy atom. The maximum Gasteiger partial charge on any atom is 0.411 e. The van der Waals surface area contributed by atoms with Crippen LogP contribution < -0.4 is 0 Å². The second-order valence-electron chi connectivity index (χ2n) is 5.17. The first-order valence-corrected chi connectivity index (χ1v) is 5.70. The number of ether oxygens (including phenoxy) is 1. The van der Waals surface area contributed by atoms with Crippen LogP contribution in [0.25, 0.3) is 0 Å². The van der Waals surface area contributed by atoms with Crippen molar-refractivity contribution in [3.63, 3.8) is 0 Å². The first-order valence-electron chi connectivity index (χ1n) is 5.70. The van der Waals surface area contributed by atoms with Crippen molar-refractivity contribution in [2.24, 2.45) is 17.3 Å². The Labute approximate surface area is 96.9 Å². The number of rotatable bonds is 5. The lowest BCUT2D eigenvalue weighted by atomic mass is 9.80. The van der Waals surface area contributed by atoms with Gasteiger partial charge in [0.05, 0.1) is 5.41 Å². The van der Waals surface area contributed by atoms with Gasteiger partial charge in [0.15, 0.2) is 0 Å². The Bertz CT molecular complexity index is 304. The van der Waals surface area contributed by atoms with E-state index in [2.05, 4.69) is 4.74 Å². The van der Waals surface area contributed by atoms with Crippen LogP contribution in [0, 0.1) is 17.3 Å². The third kappa shape index (κ3) is 2.91. The molecule has 2 unspecified atom stereocenters. The van der Waals surface area contributed by atoms with Gasteiger partial charge in [0.25, 0.3) is 0 Å². The minimum Gasteiger partial charge on any atom is -0.481 e. The molecule has 0 amide bonds. The molecule has 2 rings (SSSR count). The minimum atomic E-state index is -4.34. The Kier molecular flexibility index (Phi) is 3.10. The van der Waals surface area contributed by atoms with Gasteiger partial charge in [-0.15, -0.1) is 0 Å². The summed E-state index contributed by atoms with van der Waals surface area (Å²) in [6.45, 7) is -1.43. The Hall–Kier alpha value is -0.780. The molecule has 2 saturated carbocycles. The van der Waals surface area contributed by atoms with Gasteiger partial charge in [-0.25, -0.2) is 0 Å². The second kappa shape index (κ2) is 4.15. The number of carboxylic acids is 1. The molecule has 0 aromatic rings. The maximum absolute atomic E-state index is 11.8. The summed E-state index contributed by atoms with van der Waals surface area (Å²) in [5.41, 5.74) is -0.834. The third-order valence-electron chi connectivity index (χ3n) is 3.82. The average molecular weight is 252 g/mol. The number of hydrogen-bond acceptors (Lipinski definition) is 2. The van der Waals surface area contributed by atoms with E-state index in [0.717, 1.165) is 6.42 Å². The van der Waals surface area contributed by atoms with E-state index in [-0.39, 0.29) is 13.0 Å². The summed E-state index contributed by atoms with van der Waals surface area (Å²) in [6, 6.07) is 0. The van der Waals surface area contributed by atoms with Crippen LogP contribution in [0.2, 0.25) is 0 Å². The van der Waals surface area contributed by atoms with Crippen molar-refractivity contribution < 1.29 is 27.8 Å². The number of halogens is 3. The van der Waals surface area contributed by atoms with E-state index < -0.39 is 24.2 Å². The Balaban J connectivity index is 1.78. The van der Waals surface area contributed by atoms with Crippen LogP contribution >= 0.6 is 0 Å². The molecule has 0 saturated heterocycles. The summed E-state index contributed by atoms with van der Waals surface area (Å²) in [7, 11) is 0. The van der Waals surface area contributed by atoms with Crippen molar-refractivity contribution in [1.29, 1.82) is 0 Å². The highest BCUT2D eigenvalue weighted by atomic mass is 19.4. The summed E-state index contributed by atoms with van der Waals surface area (Å²) in [5, 5.41) is 9.18. The van der Waals surface area contributed by atoms with Crippen LogP contribution in [0.3, 0.4) is 0 Å². The molecule has 0 radical (unpaired) electrons. The predicted molar refractivity (Wildman–Crippen MR) is 52.4 cm³/mol. The second-order valence-corrected chi connectivity index (χ2v) is 5.17. The molecule has 2 fully saturated rings. The van der Waals surface area contributed by atoms with Gasteiger partial charge in [0, 0.05) is 6.61 Å². The number of carboxylic acid groups (broad SMARTS) is 1. The van der Waals surface area contributed by atoms with Crippen molar-refractivity contribution in [1.82, 2.24) is 0 Å². The van der Waals surface area contributed by atoms with E-state index in [1.54, 1.807) is 0 Å². The fraction of sp³-hybridized carbons (Fsp3) is 0.909. The van der Waals surface area contributed by atoms with Crippen LogP contribution in [-0.2, 0) is 9.53 Å². The first-order chi connectivity index (χ1) is 7.82. The topological polar surface area (TPSA) is 46.5 Å². The van der Waals surface area contributed by atoms with Crippen LogP contribution in [-0.4, -0.2) is 30.5 Å². The number of fused-ring (bicyclic) bond motifs is 1. The van der Waals surface area contributed by atoms with Gasteiger partial charge in [0.1, 0.15) is 6.61 Å². The molecule has 0 spiro atoms. The fourth-order valence-electron chi connectivity index (χ4n) is 2.84. The van der Waals surface area contributed by atoms with Gasteiger partial charge in [-0.3, -0.25) is 4.79 Å². The smallest absolute Gasteiger partial charge is 0.411 e. The fourth-order valence-corrected chi connectivity index (χ4v) is 2.84. The van der Waals surface area contributed by atoms with Crippen LogP contribution in [0.1, 0.15) is 25.7 Å². The third-order valence-corrected chi connectivity index (χ3v) is 3.82. The molecule has 3 nitrogen and oxygen atoms in total. The summed E-state index contributed by atoms with van der Waals surface area (Å²) in [5.74, 6) is 0.0720. The first kappa shape index (κ1) is 12.7. The van der Waals surface area contributed by atoms with Crippen LogP contribution in [0.4, 0.5) is 13.2 Å².